The second kappa shape index (κ2) is 6.35. The maximum Gasteiger partial charge on any atom is 0.228 e. The van der Waals surface area contributed by atoms with Crippen molar-refractivity contribution in [2.45, 2.75) is 12.3 Å². The lowest BCUT2D eigenvalue weighted by Crippen LogP contribution is -2.14. The zero-order valence-corrected chi connectivity index (χ0v) is 13.7. The number of aromatic nitrogens is 4. The van der Waals surface area contributed by atoms with Gasteiger partial charge in [0.2, 0.25) is 5.91 Å². The molecule has 0 aliphatic heterocycles. The van der Waals surface area contributed by atoms with Crippen LogP contribution in [-0.2, 0) is 4.79 Å². The molecule has 2 atom stereocenters. The van der Waals surface area contributed by atoms with Crippen molar-refractivity contribution in [1.29, 1.82) is 0 Å². The maximum absolute atomic E-state index is 12.5. The largest absolute Gasteiger partial charge is 0.497 e. The van der Waals surface area contributed by atoms with Crippen LogP contribution in [0.1, 0.15) is 17.9 Å². The van der Waals surface area contributed by atoms with Crippen molar-refractivity contribution in [2.24, 2.45) is 5.92 Å². The predicted molar refractivity (Wildman–Crippen MR) is 91.6 cm³/mol. The van der Waals surface area contributed by atoms with Crippen LogP contribution in [0.5, 0.6) is 5.75 Å². The first-order valence-electron chi connectivity index (χ1n) is 8.03. The summed E-state index contributed by atoms with van der Waals surface area (Å²) in [6.07, 6.45) is 2.37. The van der Waals surface area contributed by atoms with Crippen LogP contribution in [0.4, 0.5) is 5.69 Å². The van der Waals surface area contributed by atoms with E-state index in [2.05, 4.69) is 20.8 Å². The molecular weight excluding hydrogens is 318 g/mol. The fourth-order valence-electron chi connectivity index (χ4n) is 2.97. The monoisotopic (exact) mass is 335 g/mol. The van der Waals surface area contributed by atoms with Crippen molar-refractivity contribution in [3.05, 3.63) is 60.4 Å². The lowest BCUT2D eigenvalue weighted by molar-refractivity contribution is -0.117. The van der Waals surface area contributed by atoms with E-state index in [4.69, 9.17) is 4.74 Å². The lowest BCUT2D eigenvalue weighted by Gasteiger charge is -2.07. The number of carbonyl (C=O) groups is 1. The van der Waals surface area contributed by atoms with Gasteiger partial charge in [-0.2, -0.15) is 0 Å². The van der Waals surface area contributed by atoms with Crippen molar-refractivity contribution < 1.29 is 9.53 Å². The molecule has 0 spiro atoms. The zero-order valence-electron chi connectivity index (χ0n) is 13.7. The number of nitrogens with one attached hydrogen (secondary N) is 1. The van der Waals surface area contributed by atoms with Crippen molar-refractivity contribution in [3.8, 4) is 11.4 Å². The molecule has 2 aromatic carbocycles. The summed E-state index contributed by atoms with van der Waals surface area (Å²) in [6, 6.07) is 15.3. The first kappa shape index (κ1) is 15.3. The van der Waals surface area contributed by atoms with Gasteiger partial charge in [-0.15, -0.1) is 5.10 Å². The van der Waals surface area contributed by atoms with Gasteiger partial charge in [-0.1, -0.05) is 18.2 Å². The van der Waals surface area contributed by atoms with Gasteiger partial charge in [-0.25, -0.2) is 4.68 Å². The quantitative estimate of drug-likeness (QED) is 0.774. The summed E-state index contributed by atoms with van der Waals surface area (Å²) in [5, 5.41) is 14.1. The number of nitrogens with zero attached hydrogens (tertiary/aromatic N) is 4. The minimum absolute atomic E-state index is 0.0104. The molecule has 1 N–H and O–H groups in total. The molecule has 0 unspecified atom stereocenters. The number of hydrogen-bond acceptors (Lipinski definition) is 5. The van der Waals surface area contributed by atoms with E-state index in [0.29, 0.717) is 0 Å². The Hall–Kier alpha value is -3.22. The molecule has 3 aromatic rings. The van der Waals surface area contributed by atoms with Crippen LogP contribution < -0.4 is 10.1 Å². The Kier molecular flexibility index (Phi) is 3.89. The van der Waals surface area contributed by atoms with E-state index in [-0.39, 0.29) is 17.7 Å². The van der Waals surface area contributed by atoms with Gasteiger partial charge >= 0.3 is 0 Å². The lowest BCUT2D eigenvalue weighted by atomic mass is 10.1. The number of tetrazole rings is 1. The van der Waals surface area contributed by atoms with Crippen LogP contribution in [0.15, 0.2) is 54.9 Å². The average Bonchev–Trinajstić information content (AvgIpc) is 3.27. The number of ether oxygens (including phenoxy) is 1. The van der Waals surface area contributed by atoms with E-state index in [0.717, 1.165) is 29.1 Å². The van der Waals surface area contributed by atoms with Gasteiger partial charge in [-0.05, 0) is 58.7 Å². The highest BCUT2D eigenvalue weighted by Gasteiger charge is 2.44. The van der Waals surface area contributed by atoms with Gasteiger partial charge in [-0.3, -0.25) is 4.79 Å². The molecule has 1 heterocycles. The Morgan fingerprint density at radius 2 is 2.12 bits per heavy atom. The summed E-state index contributed by atoms with van der Waals surface area (Å²) >= 11 is 0. The first-order chi connectivity index (χ1) is 12.2. The van der Waals surface area contributed by atoms with E-state index in [1.165, 1.54) is 6.33 Å². The number of hydrogen-bond donors (Lipinski definition) is 1. The minimum atomic E-state index is -0.0104. The van der Waals surface area contributed by atoms with Gasteiger partial charge in [0, 0.05) is 11.6 Å². The summed E-state index contributed by atoms with van der Waals surface area (Å²) in [4.78, 5) is 12.5. The fraction of sp³-hybridized carbons (Fsp3) is 0.222. The molecule has 1 aromatic heterocycles. The molecule has 0 bridgehead atoms. The van der Waals surface area contributed by atoms with E-state index in [1.807, 2.05) is 48.5 Å². The number of amides is 1. The SMILES string of the molecule is COc1cccc([C@H]2C[C@@H]2C(=O)Nc2cccc(-n3cnnn3)c2)c1. The third-order valence-electron chi connectivity index (χ3n) is 4.38. The molecule has 4 rings (SSSR count). The molecule has 7 nitrogen and oxygen atoms in total. The highest BCUT2D eigenvalue weighted by atomic mass is 16.5. The minimum Gasteiger partial charge on any atom is -0.497 e. The normalized spacial score (nSPS) is 18.6. The molecule has 1 aliphatic carbocycles. The van der Waals surface area contributed by atoms with Crippen molar-refractivity contribution in [3.63, 3.8) is 0 Å². The van der Waals surface area contributed by atoms with Crippen LogP contribution in [0, 0.1) is 5.92 Å². The summed E-state index contributed by atoms with van der Waals surface area (Å²) in [5.41, 5.74) is 2.67. The number of benzene rings is 2. The number of anilines is 1. The highest BCUT2D eigenvalue weighted by molar-refractivity contribution is 5.95. The fourth-order valence-corrected chi connectivity index (χ4v) is 2.97. The zero-order chi connectivity index (χ0) is 17.2. The predicted octanol–water partition coefficient (Wildman–Crippen LogP) is 2.41. The smallest absolute Gasteiger partial charge is 0.228 e. The summed E-state index contributed by atoms with van der Waals surface area (Å²) in [7, 11) is 1.65. The van der Waals surface area contributed by atoms with Crippen LogP contribution in [-0.4, -0.2) is 33.2 Å². The van der Waals surface area contributed by atoms with Gasteiger partial charge in [0.05, 0.1) is 12.8 Å². The van der Waals surface area contributed by atoms with Crippen LogP contribution in [0.2, 0.25) is 0 Å². The molecule has 1 amide bonds. The third kappa shape index (κ3) is 3.21. The van der Waals surface area contributed by atoms with Gasteiger partial charge < -0.3 is 10.1 Å². The Balaban J connectivity index is 1.44. The van der Waals surface area contributed by atoms with Crippen LogP contribution >= 0.6 is 0 Å². The molecule has 0 saturated heterocycles. The molecule has 126 valence electrons. The van der Waals surface area contributed by atoms with Crippen molar-refractivity contribution >= 4 is 11.6 Å². The van der Waals surface area contributed by atoms with Crippen LogP contribution in [0.3, 0.4) is 0 Å². The molecule has 1 aliphatic rings. The second-order valence-electron chi connectivity index (χ2n) is 6.02. The third-order valence-corrected chi connectivity index (χ3v) is 4.38. The average molecular weight is 335 g/mol. The summed E-state index contributed by atoms with van der Waals surface area (Å²) < 4.78 is 6.80. The van der Waals surface area contributed by atoms with Crippen LogP contribution in [0.25, 0.3) is 5.69 Å². The Morgan fingerprint density at radius 3 is 2.92 bits per heavy atom. The topological polar surface area (TPSA) is 81.9 Å². The first-order valence-corrected chi connectivity index (χ1v) is 8.03. The van der Waals surface area contributed by atoms with E-state index >= 15 is 0 Å². The molecule has 25 heavy (non-hydrogen) atoms. The van der Waals surface area contributed by atoms with Gasteiger partial charge in [0.15, 0.2) is 0 Å². The van der Waals surface area contributed by atoms with E-state index in [1.54, 1.807) is 11.8 Å². The Bertz CT molecular complexity index is 894. The molecular formula is C18H17N5O2. The summed E-state index contributed by atoms with van der Waals surface area (Å²) in [6.45, 7) is 0. The summed E-state index contributed by atoms with van der Waals surface area (Å²) in [5.74, 6) is 1.08. The molecule has 1 saturated carbocycles. The van der Waals surface area contributed by atoms with E-state index < -0.39 is 0 Å². The van der Waals surface area contributed by atoms with Gasteiger partial charge in [0.25, 0.3) is 0 Å². The molecule has 1 fully saturated rings. The van der Waals surface area contributed by atoms with E-state index in [9.17, 15) is 4.79 Å². The second-order valence-corrected chi connectivity index (χ2v) is 6.02. The standard InChI is InChI=1S/C18H17N5O2/c1-25-15-7-2-4-12(8-15)16-10-17(16)18(24)20-13-5-3-6-14(9-13)23-11-19-21-22-23/h2-9,11,16-17H,10H2,1H3,(H,20,24)/t16-,17+/m1/s1. The Morgan fingerprint density at radius 1 is 1.24 bits per heavy atom. The number of rotatable bonds is 5. The molecule has 0 radical (unpaired) electrons. The molecule has 7 heteroatoms. The maximum atomic E-state index is 12.5. The highest BCUT2D eigenvalue weighted by Crippen LogP contribution is 2.48. The van der Waals surface area contributed by atoms with Crippen molar-refractivity contribution in [2.75, 3.05) is 12.4 Å². The number of methoxy groups -OCH3 is 1. The van der Waals surface area contributed by atoms with Crippen molar-refractivity contribution in [1.82, 2.24) is 20.2 Å². The number of carbonyl (C=O) groups excluding carboxylic acids is 1. The van der Waals surface area contributed by atoms with Gasteiger partial charge in [0.1, 0.15) is 12.1 Å². The Labute approximate surface area is 144 Å².